The fourth-order valence-corrected chi connectivity index (χ4v) is 1.58. The van der Waals surface area contributed by atoms with Crippen LogP contribution in [0.15, 0.2) is 6.33 Å². The van der Waals surface area contributed by atoms with Crippen molar-refractivity contribution < 1.29 is 4.74 Å². The van der Waals surface area contributed by atoms with Gasteiger partial charge in [0.2, 0.25) is 0 Å². The molecule has 17 heavy (non-hydrogen) atoms. The van der Waals surface area contributed by atoms with Crippen LogP contribution in [0.1, 0.15) is 18.9 Å². The summed E-state index contributed by atoms with van der Waals surface area (Å²) in [7, 11) is 3.72. The van der Waals surface area contributed by atoms with Crippen molar-refractivity contribution in [3.8, 4) is 0 Å². The highest BCUT2D eigenvalue weighted by molar-refractivity contribution is 5.57. The second-order valence-corrected chi connectivity index (χ2v) is 4.01. The van der Waals surface area contributed by atoms with Crippen LogP contribution in [-0.4, -0.2) is 43.8 Å². The fraction of sp³-hybridized carbons (Fsp3) is 0.667. The lowest BCUT2D eigenvalue weighted by molar-refractivity contribution is 0.206. The monoisotopic (exact) mass is 238 g/mol. The van der Waals surface area contributed by atoms with Crippen molar-refractivity contribution in [1.29, 1.82) is 0 Å². The number of hydrogen-bond acceptors (Lipinski definition) is 5. The van der Waals surface area contributed by atoms with Crippen LogP contribution in [0.4, 0.5) is 11.6 Å². The Bertz CT molecular complexity index is 343. The molecule has 1 heterocycles. The molecule has 0 aliphatic carbocycles. The first-order chi connectivity index (χ1) is 8.20. The molecule has 96 valence electrons. The minimum Gasteiger partial charge on any atom is -0.383 e. The maximum Gasteiger partial charge on any atom is 0.136 e. The summed E-state index contributed by atoms with van der Waals surface area (Å²) in [6.07, 6.45) is 2.68. The summed E-state index contributed by atoms with van der Waals surface area (Å²) in [6.45, 7) is 6.62. The van der Waals surface area contributed by atoms with E-state index in [0.717, 1.165) is 36.7 Å². The summed E-state index contributed by atoms with van der Waals surface area (Å²) < 4.78 is 5.07. The largest absolute Gasteiger partial charge is 0.383 e. The third kappa shape index (κ3) is 3.85. The van der Waals surface area contributed by atoms with Gasteiger partial charge in [-0.25, -0.2) is 9.97 Å². The zero-order chi connectivity index (χ0) is 12.7. The zero-order valence-electron chi connectivity index (χ0n) is 11.2. The van der Waals surface area contributed by atoms with Crippen molar-refractivity contribution >= 4 is 11.6 Å². The number of rotatable bonds is 7. The standard InChI is InChI=1S/C12H22N4O/c1-5-6-13-11-10(2)12(15-9-14-11)16(3)7-8-17-4/h9H,5-8H2,1-4H3,(H,13,14,15). The van der Waals surface area contributed by atoms with Gasteiger partial charge in [0.1, 0.15) is 18.0 Å². The maximum atomic E-state index is 5.07. The van der Waals surface area contributed by atoms with Gasteiger partial charge in [0.15, 0.2) is 0 Å². The summed E-state index contributed by atoms with van der Waals surface area (Å²) in [4.78, 5) is 10.7. The average Bonchev–Trinajstić information content (AvgIpc) is 2.34. The smallest absolute Gasteiger partial charge is 0.136 e. The first kappa shape index (κ1) is 13.7. The van der Waals surface area contributed by atoms with Crippen LogP contribution < -0.4 is 10.2 Å². The molecule has 0 radical (unpaired) electrons. The van der Waals surface area contributed by atoms with E-state index in [2.05, 4.69) is 27.1 Å². The number of likely N-dealkylation sites (N-methyl/N-ethyl adjacent to an activating group) is 1. The van der Waals surface area contributed by atoms with Crippen LogP contribution in [0.3, 0.4) is 0 Å². The normalized spacial score (nSPS) is 10.4. The number of ether oxygens (including phenoxy) is 1. The molecule has 0 aliphatic heterocycles. The molecule has 0 aliphatic rings. The van der Waals surface area contributed by atoms with E-state index in [9.17, 15) is 0 Å². The van der Waals surface area contributed by atoms with Gasteiger partial charge >= 0.3 is 0 Å². The molecule has 0 bridgehead atoms. The van der Waals surface area contributed by atoms with Crippen molar-refractivity contribution in [3.63, 3.8) is 0 Å². The van der Waals surface area contributed by atoms with Gasteiger partial charge in [0.05, 0.1) is 6.61 Å². The minimum atomic E-state index is 0.692. The Morgan fingerprint density at radius 1 is 1.41 bits per heavy atom. The molecular formula is C12H22N4O. The van der Waals surface area contributed by atoms with Gasteiger partial charge in [0, 0.05) is 32.8 Å². The van der Waals surface area contributed by atoms with Gasteiger partial charge in [-0.3, -0.25) is 0 Å². The Labute approximate surface area is 103 Å². The third-order valence-electron chi connectivity index (χ3n) is 2.59. The van der Waals surface area contributed by atoms with Gasteiger partial charge in [-0.1, -0.05) is 6.92 Å². The first-order valence-corrected chi connectivity index (χ1v) is 5.96. The van der Waals surface area contributed by atoms with Gasteiger partial charge in [0.25, 0.3) is 0 Å². The summed E-state index contributed by atoms with van der Waals surface area (Å²) in [5.74, 6) is 1.87. The van der Waals surface area contributed by atoms with E-state index >= 15 is 0 Å². The zero-order valence-corrected chi connectivity index (χ0v) is 11.2. The summed E-state index contributed by atoms with van der Waals surface area (Å²) >= 11 is 0. The molecule has 0 spiro atoms. The predicted octanol–water partition coefficient (Wildman–Crippen LogP) is 1.69. The lowest BCUT2D eigenvalue weighted by Crippen LogP contribution is -2.24. The van der Waals surface area contributed by atoms with E-state index in [1.165, 1.54) is 0 Å². The molecule has 0 aromatic carbocycles. The Morgan fingerprint density at radius 3 is 2.82 bits per heavy atom. The van der Waals surface area contributed by atoms with E-state index in [1.807, 2.05) is 14.0 Å². The molecule has 1 aromatic heterocycles. The van der Waals surface area contributed by atoms with Crippen molar-refractivity contribution in [2.24, 2.45) is 0 Å². The minimum absolute atomic E-state index is 0.692. The molecule has 5 heteroatoms. The van der Waals surface area contributed by atoms with Gasteiger partial charge in [-0.05, 0) is 13.3 Å². The molecule has 0 fully saturated rings. The van der Waals surface area contributed by atoms with E-state index < -0.39 is 0 Å². The SMILES string of the molecule is CCCNc1ncnc(N(C)CCOC)c1C. The Kier molecular flexibility index (Phi) is 5.69. The molecule has 0 amide bonds. The Morgan fingerprint density at radius 2 is 2.18 bits per heavy atom. The van der Waals surface area contributed by atoms with Gasteiger partial charge in [-0.2, -0.15) is 0 Å². The van der Waals surface area contributed by atoms with Crippen LogP contribution in [0.25, 0.3) is 0 Å². The second-order valence-electron chi connectivity index (χ2n) is 4.01. The molecular weight excluding hydrogens is 216 g/mol. The Hall–Kier alpha value is -1.36. The van der Waals surface area contributed by atoms with Crippen LogP contribution in [-0.2, 0) is 4.74 Å². The molecule has 1 rings (SSSR count). The molecule has 1 N–H and O–H groups in total. The predicted molar refractivity (Wildman–Crippen MR) is 70.7 cm³/mol. The van der Waals surface area contributed by atoms with Crippen LogP contribution in [0.2, 0.25) is 0 Å². The van der Waals surface area contributed by atoms with Crippen LogP contribution >= 0.6 is 0 Å². The van der Waals surface area contributed by atoms with Crippen molar-refractivity contribution in [2.75, 3.05) is 44.1 Å². The number of hydrogen-bond donors (Lipinski definition) is 1. The van der Waals surface area contributed by atoms with Gasteiger partial charge in [-0.15, -0.1) is 0 Å². The molecule has 0 unspecified atom stereocenters. The highest BCUT2D eigenvalue weighted by atomic mass is 16.5. The highest BCUT2D eigenvalue weighted by Crippen LogP contribution is 2.20. The van der Waals surface area contributed by atoms with E-state index in [1.54, 1.807) is 13.4 Å². The van der Waals surface area contributed by atoms with Crippen LogP contribution in [0.5, 0.6) is 0 Å². The van der Waals surface area contributed by atoms with E-state index in [-0.39, 0.29) is 0 Å². The topological polar surface area (TPSA) is 50.3 Å². The molecule has 0 atom stereocenters. The molecule has 0 saturated heterocycles. The number of methoxy groups -OCH3 is 1. The fourth-order valence-electron chi connectivity index (χ4n) is 1.58. The average molecular weight is 238 g/mol. The highest BCUT2D eigenvalue weighted by Gasteiger charge is 2.10. The molecule has 1 aromatic rings. The number of aromatic nitrogens is 2. The lowest BCUT2D eigenvalue weighted by atomic mass is 10.3. The molecule has 5 nitrogen and oxygen atoms in total. The maximum absolute atomic E-state index is 5.07. The summed E-state index contributed by atoms with van der Waals surface area (Å²) in [5.41, 5.74) is 1.08. The third-order valence-corrected chi connectivity index (χ3v) is 2.59. The number of anilines is 2. The number of nitrogens with zero attached hydrogens (tertiary/aromatic N) is 3. The van der Waals surface area contributed by atoms with Gasteiger partial charge < -0.3 is 15.0 Å². The summed E-state index contributed by atoms with van der Waals surface area (Å²) in [5, 5.41) is 3.30. The Balaban J connectivity index is 2.78. The van der Waals surface area contributed by atoms with Crippen molar-refractivity contribution in [2.45, 2.75) is 20.3 Å². The quantitative estimate of drug-likeness (QED) is 0.783. The van der Waals surface area contributed by atoms with E-state index in [0.29, 0.717) is 6.61 Å². The molecule has 0 saturated carbocycles. The van der Waals surface area contributed by atoms with E-state index in [4.69, 9.17) is 4.74 Å². The first-order valence-electron chi connectivity index (χ1n) is 5.96. The van der Waals surface area contributed by atoms with Crippen molar-refractivity contribution in [1.82, 2.24) is 9.97 Å². The summed E-state index contributed by atoms with van der Waals surface area (Å²) in [6, 6.07) is 0. The second kappa shape index (κ2) is 7.06. The lowest BCUT2D eigenvalue weighted by Gasteiger charge is -2.20. The van der Waals surface area contributed by atoms with Crippen molar-refractivity contribution in [3.05, 3.63) is 11.9 Å². The number of nitrogens with one attached hydrogen (secondary N) is 1. The van der Waals surface area contributed by atoms with Crippen LogP contribution in [0, 0.1) is 6.92 Å².